The van der Waals surface area contributed by atoms with E-state index in [1.807, 2.05) is 44.3 Å². The number of nitrogens with one attached hydrogen (secondary N) is 2. The normalized spacial score (nSPS) is 10.2. The molecule has 0 aliphatic carbocycles. The van der Waals surface area contributed by atoms with Crippen LogP contribution in [0.2, 0.25) is 0 Å². The highest BCUT2D eigenvalue weighted by Crippen LogP contribution is 2.11. The SMILES string of the molecule is Cc1ncsc1CNC(=O)NCCN(C)c1ccccc1. The molecule has 1 aromatic carbocycles. The topological polar surface area (TPSA) is 57.3 Å². The summed E-state index contributed by atoms with van der Waals surface area (Å²) in [5.41, 5.74) is 3.91. The summed E-state index contributed by atoms with van der Waals surface area (Å²) in [6.45, 7) is 3.83. The van der Waals surface area contributed by atoms with E-state index in [2.05, 4.69) is 20.5 Å². The maximum absolute atomic E-state index is 11.7. The van der Waals surface area contributed by atoms with Crippen LogP contribution in [0.15, 0.2) is 35.8 Å². The Labute approximate surface area is 129 Å². The Morgan fingerprint density at radius 1 is 1.29 bits per heavy atom. The van der Waals surface area contributed by atoms with Crippen LogP contribution in [0.25, 0.3) is 0 Å². The number of benzene rings is 1. The third kappa shape index (κ3) is 4.75. The summed E-state index contributed by atoms with van der Waals surface area (Å²) < 4.78 is 0. The monoisotopic (exact) mass is 304 g/mol. The van der Waals surface area contributed by atoms with Gasteiger partial charge in [-0.2, -0.15) is 0 Å². The Morgan fingerprint density at radius 3 is 2.71 bits per heavy atom. The maximum Gasteiger partial charge on any atom is 0.315 e. The lowest BCUT2D eigenvalue weighted by molar-refractivity contribution is 0.241. The smallest absolute Gasteiger partial charge is 0.315 e. The zero-order valence-corrected chi connectivity index (χ0v) is 13.1. The van der Waals surface area contributed by atoms with Gasteiger partial charge in [0.05, 0.1) is 17.7 Å². The second kappa shape index (κ2) is 7.64. The molecule has 2 N–H and O–H groups in total. The third-order valence-corrected chi connectivity index (χ3v) is 4.12. The second-order valence-electron chi connectivity index (χ2n) is 4.73. The van der Waals surface area contributed by atoms with Crippen molar-refractivity contribution in [1.29, 1.82) is 0 Å². The fourth-order valence-electron chi connectivity index (χ4n) is 1.87. The van der Waals surface area contributed by atoms with Crippen LogP contribution in [-0.4, -0.2) is 31.2 Å². The van der Waals surface area contributed by atoms with Crippen LogP contribution >= 0.6 is 11.3 Å². The predicted molar refractivity (Wildman–Crippen MR) is 86.8 cm³/mol. The molecule has 0 unspecified atom stereocenters. The van der Waals surface area contributed by atoms with Crippen molar-refractivity contribution in [1.82, 2.24) is 15.6 Å². The van der Waals surface area contributed by atoms with Crippen molar-refractivity contribution in [2.45, 2.75) is 13.5 Å². The first-order chi connectivity index (χ1) is 10.2. The van der Waals surface area contributed by atoms with Gasteiger partial charge < -0.3 is 15.5 Å². The van der Waals surface area contributed by atoms with Gasteiger partial charge in [-0.05, 0) is 19.1 Å². The van der Waals surface area contributed by atoms with Crippen LogP contribution in [0.3, 0.4) is 0 Å². The number of carbonyl (C=O) groups is 1. The van der Waals surface area contributed by atoms with Crippen LogP contribution in [0.5, 0.6) is 0 Å². The molecule has 0 radical (unpaired) electrons. The van der Waals surface area contributed by atoms with Crippen molar-refractivity contribution in [2.24, 2.45) is 0 Å². The highest BCUT2D eigenvalue weighted by molar-refractivity contribution is 7.09. The molecule has 0 fully saturated rings. The molecule has 0 aliphatic heterocycles. The molecule has 21 heavy (non-hydrogen) atoms. The predicted octanol–water partition coefficient (Wildman–Crippen LogP) is 2.39. The molecule has 0 spiro atoms. The van der Waals surface area contributed by atoms with Gasteiger partial charge in [0, 0.05) is 30.7 Å². The molecule has 112 valence electrons. The third-order valence-electron chi connectivity index (χ3n) is 3.18. The number of aromatic nitrogens is 1. The molecule has 5 nitrogen and oxygen atoms in total. The van der Waals surface area contributed by atoms with Crippen molar-refractivity contribution in [3.63, 3.8) is 0 Å². The van der Waals surface area contributed by atoms with E-state index >= 15 is 0 Å². The molecule has 1 heterocycles. The molecule has 2 aromatic rings. The van der Waals surface area contributed by atoms with Crippen molar-refractivity contribution in [2.75, 3.05) is 25.0 Å². The molecule has 0 saturated carbocycles. The number of amides is 2. The molecule has 0 aliphatic rings. The van der Waals surface area contributed by atoms with Gasteiger partial charge in [0.2, 0.25) is 0 Å². The van der Waals surface area contributed by atoms with E-state index in [9.17, 15) is 4.79 Å². The van der Waals surface area contributed by atoms with Crippen LogP contribution in [0, 0.1) is 6.92 Å². The summed E-state index contributed by atoms with van der Waals surface area (Å²) in [6.07, 6.45) is 0. The highest BCUT2D eigenvalue weighted by Gasteiger charge is 2.05. The highest BCUT2D eigenvalue weighted by atomic mass is 32.1. The number of nitrogens with zero attached hydrogens (tertiary/aromatic N) is 2. The zero-order chi connectivity index (χ0) is 15.1. The summed E-state index contributed by atoms with van der Waals surface area (Å²) in [4.78, 5) is 19.1. The number of likely N-dealkylation sites (N-methyl/N-ethyl adjacent to an activating group) is 1. The minimum absolute atomic E-state index is 0.149. The molecule has 0 bridgehead atoms. The van der Waals surface area contributed by atoms with E-state index in [4.69, 9.17) is 0 Å². The van der Waals surface area contributed by atoms with Crippen LogP contribution in [-0.2, 0) is 6.54 Å². The fraction of sp³-hybridized carbons (Fsp3) is 0.333. The molecule has 6 heteroatoms. The summed E-state index contributed by atoms with van der Waals surface area (Å²) >= 11 is 1.56. The number of carbonyl (C=O) groups excluding carboxylic acids is 1. The summed E-state index contributed by atoms with van der Waals surface area (Å²) in [5.74, 6) is 0. The van der Waals surface area contributed by atoms with E-state index in [0.717, 1.165) is 22.8 Å². The van der Waals surface area contributed by atoms with Crippen molar-refractivity contribution in [3.05, 3.63) is 46.4 Å². The van der Waals surface area contributed by atoms with Crippen molar-refractivity contribution in [3.8, 4) is 0 Å². The average Bonchev–Trinajstić information content (AvgIpc) is 2.91. The van der Waals surface area contributed by atoms with Gasteiger partial charge >= 0.3 is 6.03 Å². The summed E-state index contributed by atoms with van der Waals surface area (Å²) in [7, 11) is 2.01. The van der Waals surface area contributed by atoms with E-state index in [-0.39, 0.29) is 6.03 Å². The first-order valence-corrected chi connectivity index (χ1v) is 7.71. The number of aryl methyl sites for hydroxylation is 1. The summed E-state index contributed by atoms with van der Waals surface area (Å²) in [5, 5.41) is 5.70. The largest absolute Gasteiger partial charge is 0.373 e. The van der Waals surface area contributed by atoms with Gasteiger partial charge in [-0.1, -0.05) is 18.2 Å². The Bertz CT molecular complexity index is 570. The Balaban J connectivity index is 1.66. The Kier molecular flexibility index (Phi) is 5.57. The van der Waals surface area contributed by atoms with E-state index < -0.39 is 0 Å². The molecular formula is C15H20N4OS. The Morgan fingerprint density at radius 2 is 2.05 bits per heavy atom. The number of hydrogen-bond acceptors (Lipinski definition) is 4. The number of anilines is 1. The standard InChI is InChI=1S/C15H20N4OS/c1-12-14(21-11-18-12)10-17-15(20)16-8-9-19(2)13-6-4-3-5-7-13/h3-7,11H,8-10H2,1-2H3,(H2,16,17,20). The summed E-state index contributed by atoms with van der Waals surface area (Å²) in [6, 6.07) is 9.94. The lowest BCUT2D eigenvalue weighted by Gasteiger charge is -2.19. The molecule has 1 aromatic heterocycles. The number of hydrogen-bond donors (Lipinski definition) is 2. The minimum Gasteiger partial charge on any atom is -0.373 e. The number of urea groups is 1. The minimum atomic E-state index is -0.149. The molecular weight excluding hydrogens is 284 g/mol. The van der Waals surface area contributed by atoms with Crippen LogP contribution < -0.4 is 15.5 Å². The Hall–Kier alpha value is -2.08. The number of para-hydroxylation sites is 1. The van der Waals surface area contributed by atoms with Gasteiger partial charge in [-0.25, -0.2) is 9.78 Å². The zero-order valence-electron chi connectivity index (χ0n) is 12.3. The maximum atomic E-state index is 11.7. The van der Waals surface area contributed by atoms with Gasteiger partial charge in [0.15, 0.2) is 0 Å². The van der Waals surface area contributed by atoms with Gasteiger partial charge in [-0.15, -0.1) is 11.3 Å². The lowest BCUT2D eigenvalue weighted by Crippen LogP contribution is -2.39. The van der Waals surface area contributed by atoms with E-state index in [1.165, 1.54) is 0 Å². The molecule has 2 rings (SSSR count). The van der Waals surface area contributed by atoms with Gasteiger partial charge in [0.1, 0.15) is 0 Å². The van der Waals surface area contributed by atoms with Crippen LogP contribution in [0.1, 0.15) is 10.6 Å². The van der Waals surface area contributed by atoms with Crippen molar-refractivity contribution < 1.29 is 4.79 Å². The van der Waals surface area contributed by atoms with Crippen LogP contribution in [0.4, 0.5) is 10.5 Å². The lowest BCUT2D eigenvalue weighted by atomic mass is 10.3. The molecule has 0 atom stereocenters. The second-order valence-corrected chi connectivity index (χ2v) is 5.67. The van der Waals surface area contributed by atoms with E-state index in [1.54, 1.807) is 16.8 Å². The molecule has 2 amide bonds. The van der Waals surface area contributed by atoms with Crippen molar-refractivity contribution >= 4 is 23.1 Å². The first-order valence-electron chi connectivity index (χ1n) is 6.83. The number of rotatable bonds is 6. The fourth-order valence-corrected chi connectivity index (χ4v) is 2.58. The van der Waals surface area contributed by atoms with E-state index in [0.29, 0.717) is 13.1 Å². The van der Waals surface area contributed by atoms with Gasteiger partial charge in [0.25, 0.3) is 0 Å². The molecule has 0 saturated heterocycles. The van der Waals surface area contributed by atoms with Gasteiger partial charge in [-0.3, -0.25) is 0 Å². The quantitative estimate of drug-likeness (QED) is 0.861. The first kappa shape index (κ1) is 15.3. The number of thiazole rings is 1. The average molecular weight is 304 g/mol.